The van der Waals surface area contributed by atoms with Gasteiger partial charge in [0.2, 0.25) is 23.6 Å². The molecule has 1 aromatic rings. The molecule has 6 atom stereocenters. The number of Topliss-reactive ketones (excluding diaryl/α,β-unsaturated/α-hetero) is 1. The molecule has 28 heteroatoms. The first-order chi connectivity index (χ1) is 37.3. The zero-order valence-electron chi connectivity index (χ0n) is 45.3. The first-order valence-corrected chi connectivity index (χ1v) is 26.8. The van der Waals surface area contributed by atoms with Gasteiger partial charge in [0.25, 0.3) is 6.47 Å². The second-order valence-corrected chi connectivity index (χ2v) is 18.4. The van der Waals surface area contributed by atoms with Gasteiger partial charge in [-0.05, 0) is 45.1 Å². The van der Waals surface area contributed by atoms with Crippen LogP contribution in [-0.4, -0.2) is 240 Å². The zero-order chi connectivity index (χ0) is 58.1. The number of carboxylic acids is 3. The molecule has 442 valence electrons. The number of nitrogens with one attached hydrogen (secondary N) is 5. The van der Waals surface area contributed by atoms with Crippen LogP contribution >= 0.6 is 11.8 Å². The number of amides is 6. The van der Waals surface area contributed by atoms with E-state index in [1.54, 1.807) is 14.1 Å². The summed E-state index contributed by atoms with van der Waals surface area (Å²) in [5.41, 5.74) is 0.818. The number of hydrogen-bond donors (Lipinski definition) is 8. The zero-order valence-corrected chi connectivity index (χ0v) is 46.1. The highest BCUT2D eigenvalue weighted by atomic mass is 32.2. The third-order valence-electron chi connectivity index (χ3n) is 11.5. The van der Waals surface area contributed by atoms with Crippen molar-refractivity contribution in [1.82, 2.24) is 36.4 Å². The van der Waals surface area contributed by atoms with Crippen molar-refractivity contribution in [2.45, 2.75) is 101 Å². The summed E-state index contributed by atoms with van der Waals surface area (Å²) >= 11 is 1.53. The van der Waals surface area contributed by atoms with E-state index < -0.39 is 90.8 Å². The molecule has 1 rings (SSSR count). The van der Waals surface area contributed by atoms with E-state index in [0.29, 0.717) is 45.4 Å². The Bertz CT molecular complexity index is 1960. The fourth-order valence-corrected chi connectivity index (χ4v) is 7.77. The molecule has 1 aromatic carbocycles. The summed E-state index contributed by atoms with van der Waals surface area (Å²) in [6, 6.07) is 3.41. The summed E-state index contributed by atoms with van der Waals surface area (Å²) in [7, 11) is 4.50. The van der Waals surface area contributed by atoms with E-state index >= 15 is 0 Å². The van der Waals surface area contributed by atoms with E-state index in [0.717, 1.165) is 10.5 Å². The van der Waals surface area contributed by atoms with Crippen LogP contribution < -0.4 is 26.6 Å². The Kier molecular flexibility index (Phi) is 38.5. The Balaban J connectivity index is 2.26. The summed E-state index contributed by atoms with van der Waals surface area (Å²) < 4.78 is 37.5. The minimum Gasteiger partial charge on any atom is -0.481 e. The monoisotopic (exact) mass is 1130 g/mol. The Labute approximate surface area is 459 Å². The van der Waals surface area contributed by atoms with Gasteiger partial charge in [0.1, 0.15) is 12.1 Å². The minimum absolute atomic E-state index is 0.0164. The van der Waals surface area contributed by atoms with Gasteiger partial charge in [0.15, 0.2) is 12.0 Å². The Hall–Kier alpha value is -6.01. The van der Waals surface area contributed by atoms with E-state index in [1.165, 1.54) is 23.7 Å². The highest BCUT2D eigenvalue weighted by Gasteiger charge is 2.36. The molecule has 0 aliphatic carbocycles. The average Bonchev–Trinajstić information content (AvgIpc) is 3.40. The second-order valence-electron chi connectivity index (χ2n) is 17.4. The summed E-state index contributed by atoms with van der Waals surface area (Å²) in [5, 5.41) is 40.3. The number of ether oxygens (including phenoxy) is 7. The number of benzene rings is 1. The maximum absolute atomic E-state index is 13.7. The molecule has 6 amide bonds. The number of rotatable bonds is 48. The van der Waals surface area contributed by atoms with E-state index in [1.807, 2.05) is 43.5 Å². The first-order valence-electron chi connectivity index (χ1n) is 25.5. The Morgan fingerprint density at radius 3 is 1.68 bits per heavy atom. The Morgan fingerprint density at radius 1 is 0.615 bits per heavy atom. The summed E-state index contributed by atoms with van der Waals surface area (Å²) in [6.45, 7) is 5.13. The summed E-state index contributed by atoms with van der Waals surface area (Å²) in [6.07, 6.45) is -0.998. The first kappa shape index (κ1) is 70.0. The molecule has 8 N–H and O–H groups in total. The van der Waals surface area contributed by atoms with Crippen LogP contribution in [0.5, 0.6) is 0 Å². The van der Waals surface area contributed by atoms with Crippen molar-refractivity contribution in [2.24, 2.45) is 0 Å². The van der Waals surface area contributed by atoms with Gasteiger partial charge in [0.05, 0.1) is 104 Å². The van der Waals surface area contributed by atoms with Crippen LogP contribution in [0.4, 0.5) is 4.79 Å². The summed E-state index contributed by atoms with van der Waals surface area (Å²) in [4.78, 5) is 125. The van der Waals surface area contributed by atoms with Gasteiger partial charge in [-0.25, -0.2) is 9.59 Å². The molecule has 0 bridgehead atoms. The van der Waals surface area contributed by atoms with Crippen LogP contribution in [0.1, 0.15) is 63.9 Å². The Morgan fingerprint density at radius 2 is 1.17 bits per heavy atom. The van der Waals surface area contributed by atoms with Gasteiger partial charge in [0, 0.05) is 58.1 Å². The smallest absolute Gasteiger partial charge is 0.326 e. The number of hydrogen-bond acceptors (Lipinski definition) is 19. The molecule has 78 heavy (non-hydrogen) atoms. The van der Waals surface area contributed by atoms with Gasteiger partial charge in [-0.15, -0.1) is 0 Å². The molecule has 0 radical (unpaired) electrons. The molecule has 0 fully saturated rings. The number of nitrogens with zero attached hydrogens (tertiary/aromatic N) is 2. The SMILES string of the molecule is CN[C@@H](CCC(=O)[C@H](Cc1ccccc1)NC(=O)CCOCCOCCOCCOCCOCCOCCNC(=O)CC[C@H](NC(=O)N[C@@H](CCC(=O)O)OC=O)C(=O)O)C(=O)N(C)[C@@H](CC(=O)O)C(=O)N(C)[C@H](C)CSC. The van der Waals surface area contributed by atoms with Crippen molar-refractivity contribution in [3.05, 3.63) is 35.9 Å². The molecule has 0 heterocycles. The van der Waals surface area contributed by atoms with E-state index in [-0.39, 0.29) is 109 Å². The highest BCUT2D eigenvalue weighted by Crippen LogP contribution is 2.15. The van der Waals surface area contributed by atoms with Gasteiger partial charge in [-0.3, -0.25) is 38.4 Å². The molecule has 0 saturated carbocycles. The van der Waals surface area contributed by atoms with Crippen molar-refractivity contribution >= 4 is 71.6 Å². The number of likely N-dealkylation sites (N-methyl/N-ethyl adjacent to an activating group) is 3. The predicted molar refractivity (Wildman–Crippen MR) is 281 cm³/mol. The van der Waals surface area contributed by atoms with E-state index in [4.69, 9.17) is 33.5 Å². The highest BCUT2D eigenvalue weighted by molar-refractivity contribution is 7.98. The standard InChI is InChI=1S/C50H81N7O20S/c1-35(33-78-5)56(3)48(67)40(32-46(64)65)57(4)47(66)37(51-2)11-13-41(59)39(31-36-9-7-6-8-10-36)53-43(61)17-19-71-21-23-73-25-27-75-29-30-76-28-26-74-24-22-72-20-18-52-42(60)14-12-38(49(68)69)54-50(70)55-44(77-34-58)15-16-45(62)63/h6-10,34-35,37-40,44,51H,11-33H2,1-5H3,(H,52,60)(H,53,61)(H,62,63)(H,64,65)(H,68,69)(H2,54,55,70)/t35-,37+,38+,39+,40+,44-/m1/s1. The van der Waals surface area contributed by atoms with Gasteiger partial charge < -0.3 is 84.9 Å². The third-order valence-corrected chi connectivity index (χ3v) is 12.3. The molecule has 0 unspecified atom stereocenters. The van der Waals surface area contributed by atoms with Crippen LogP contribution in [0.2, 0.25) is 0 Å². The fraction of sp³-hybridized carbons (Fsp3) is 0.680. The molecular formula is C50H81N7O20S. The number of carboxylic acid groups (broad SMARTS) is 3. The van der Waals surface area contributed by atoms with Crippen molar-refractivity contribution in [3.63, 3.8) is 0 Å². The fourth-order valence-electron chi connectivity index (χ4n) is 7.07. The minimum atomic E-state index is -1.45. The molecule has 0 aliphatic heterocycles. The maximum Gasteiger partial charge on any atom is 0.326 e. The van der Waals surface area contributed by atoms with Gasteiger partial charge in [-0.1, -0.05) is 30.3 Å². The predicted octanol–water partition coefficient (Wildman–Crippen LogP) is -0.335. The topological polar surface area (TPSA) is 363 Å². The largest absolute Gasteiger partial charge is 0.481 e. The molecule has 0 aliphatic rings. The number of carbonyl (C=O) groups excluding carboxylic acids is 7. The normalized spacial score (nSPS) is 13.3. The lowest BCUT2D eigenvalue weighted by atomic mass is 9.97. The third kappa shape index (κ3) is 32.7. The van der Waals surface area contributed by atoms with Gasteiger partial charge in [-0.2, -0.15) is 11.8 Å². The van der Waals surface area contributed by atoms with Crippen LogP contribution in [0.15, 0.2) is 30.3 Å². The van der Waals surface area contributed by atoms with Crippen LogP contribution in [0.3, 0.4) is 0 Å². The van der Waals surface area contributed by atoms with E-state index in [9.17, 15) is 58.2 Å². The van der Waals surface area contributed by atoms with Crippen molar-refractivity contribution in [1.29, 1.82) is 0 Å². The molecule has 0 aromatic heterocycles. The maximum atomic E-state index is 13.7. The molecule has 0 saturated heterocycles. The lowest BCUT2D eigenvalue weighted by Gasteiger charge is -2.34. The average molecular weight is 1130 g/mol. The lowest BCUT2D eigenvalue weighted by Crippen LogP contribution is -2.55. The lowest BCUT2D eigenvalue weighted by molar-refractivity contribution is -0.150. The van der Waals surface area contributed by atoms with Crippen molar-refractivity contribution < 1.29 is 96.4 Å². The second kappa shape index (κ2) is 42.9. The number of ketones is 1. The molecule has 27 nitrogen and oxygen atoms in total. The van der Waals surface area contributed by atoms with Gasteiger partial charge >= 0.3 is 23.9 Å². The van der Waals surface area contributed by atoms with Crippen LogP contribution in [0.25, 0.3) is 0 Å². The van der Waals surface area contributed by atoms with E-state index in [2.05, 4.69) is 31.3 Å². The number of urea groups is 1. The number of thioether (sulfide) groups is 1. The number of carbonyl (C=O) groups is 10. The quantitative estimate of drug-likeness (QED) is 0.0235. The summed E-state index contributed by atoms with van der Waals surface area (Å²) in [5.74, 6) is -5.45. The van der Waals surface area contributed by atoms with Crippen molar-refractivity contribution in [2.75, 3.05) is 119 Å². The number of aliphatic carboxylic acids is 3. The van der Waals surface area contributed by atoms with Crippen molar-refractivity contribution in [3.8, 4) is 0 Å². The van der Waals surface area contributed by atoms with Crippen LogP contribution in [0, 0.1) is 0 Å². The molecular weight excluding hydrogens is 1050 g/mol. The van der Waals surface area contributed by atoms with Crippen LogP contribution in [-0.2, 0) is 82.7 Å². The molecule has 0 spiro atoms.